The summed E-state index contributed by atoms with van der Waals surface area (Å²) in [4.78, 5) is 12.5. The SMILES string of the molecule is COc1ccc(NC(=O)CCc2nnc3ccc(NCc4ccccc4)nn23)cc1OC. The first-order valence-electron chi connectivity index (χ1n) is 10.2. The highest BCUT2D eigenvalue weighted by Crippen LogP contribution is 2.29. The number of benzene rings is 2. The second-order valence-electron chi connectivity index (χ2n) is 7.06. The van der Waals surface area contributed by atoms with E-state index < -0.39 is 0 Å². The van der Waals surface area contributed by atoms with Crippen molar-refractivity contribution in [3.05, 3.63) is 72.1 Å². The predicted octanol–water partition coefficient (Wildman–Crippen LogP) is 3.32. The molecule has 0 aliphatic rings. The fourth-order valence-electron chi connectivity index (χ4n) is 3.23. The monoisotopic (exact) mass is 432 g/mol. The lowest BCUT2D eigenvalue weighted by molar-refractivity contribution is -0.116. The van der Waals surface area contributed by atoms with Crippen LogP contribution >= 0.6 is 0 Å². The van der Waals surface area contributed by atoms with Crippen molar-refractivity contribution < 1.29 is 14.3 Å². The van der Waals surface area contributed by atoms with Gasteiger partial charge in [0.05, 0.1) is 14.2 Å². The van der Waals surface area contributed by atoms with E-state index in [1.807, 2.05) is 42.5 Å². The zero-order valence-electron chi connectivity index (χ0n) is 17.9. The number of anilines is 2. The van der Waals surface area contributed by atoms with Gasteiger partial charge in [-0.15, -0.1) is 15.3 Å². The van der Waals surface area contributed by atoms with E-state index in [4.69, 9.17) is 9.47 Å². The third kappa shape index (κ3) is 4.94. The van der Waals surface area contributed by atoms with E-state index in [0.717, 1.165) is 5.56 Å². The van der Waals surface area contributed by atoms with E-state index in [9.17, 15) is 4.79 Å². The summed E-state index contributed by atoms with van der Waals surface area (Å²) in [5.41, 5.74) is 2.42. The summed E-state index contributed by atoms with van der Waals surface area (Å²) in [6.45, 7) is 0.657. The molecular weight excluding hydrogens is 408 g/mol. The Balaban J connectivity index is 1.39. The van der Waals surface area contributed by atoms with Gasteiger partial charge < -0.3 is 20.1 Å². The minimum Gasteiger partial charge on any atom is -0.493 e. The first kappa shape index (κ1) is 21.1. The molecule has 0 spiro atoms. The fourth-order valence-corrected chi connectivity index (χ4v) is 3.23. The molecule has 4 rings (SSSR count). The lowest BCUT2D eigenvalue weighted by Crippen LogP contribution is -2.14. The summed E-state index contributed by atoms with van der Waals surface area (Å²) in [5.74, 6) is 2.33. The van der Waals surface area contributed by atoms with Crippen molar-refractivity contribution in [3.63, 3.8) is 0 Å². The van der Waals surface area contributed by atoms with Crippen LogP contribution in [0.25, 0.3) is 5.65 Å². The molecule has 0 unspecified atom stereocenters. The molecule has 0 atom stereocenters. The first-order valence-corrected chi connectivity index (χ1v) is 10.2. The molecule has 0 bridgehead atoms. The predicted molar refractivity (Wildman–Crippen MR) is 121 cm³/mol. The van der Waals surface area contributed by atoms with Gasteiger partial charge in [0, 0.05) is 31.1 Å². The topological polar surface area (TPSA) is 103 Å². The van der Waals surface area contributed by atoms with Crippen molar-refractivity contribution in [2.75, 3.05) is 24.9 Å². The summed E-state index contributed by atoms with van der Waals surface area (Å²) >= 11 is 0. The van der Waals surface area contributed by atoms with Crippen molar-refractivity contribution in [2.24, 2.45) is 0 Å². The van der Waals surface area contributed by atoms with Crippen LogP contribution in [-0.4, -0.2) is 39.9 Å². The molecule has 0 saturated carbocycles. The number of carbonyl (C=O) groups excluding carboxylic acids is 1. The largest absolute Gasteiger partial charge is 0.493 e. The Morgan fingerprint density at radius 1 is 0.969 bits per heavy atom. The van der Waals surface area contributed by atoms with E-state index in [0.29, 0.717) is 47.4 Å². The molecule has 9 nitrogen and oxygen atoms in total. The van der Waals surface area contributed by atoms with Gasteiger partial charge in [-0.25, -0.2) is 0 Å². The molecule has 0 fully saturated rings. The van der Waals surface area contributed by atoms with Crippen molar-refractivity contribution in [2.45, 2.75) is 19.4 Å². The number of aryl methyl sites for hydroxylation is 1. The Kier molecular flexibility index (Phi) is 6.45. The number of nitrogens with one attached hydrogen (secondary N) is 2. The zero-order valence-corrected chi connectivity index (χ0v) is 17.9. The molecule has 164 valence electrons. The maximum Gasteiger partial charge on any atom is 0.224 e. The number of amides is 1. The average molecular weight is 432 g/mol. The van der Waals surface area contributed by atoms with Crippen molar-refractivity contribution in [1.82, 2.24) is 19.8 Å². The van der Waals surface area contributed by atoms with E-state index in [1.54, 1.807) is 36.9 Å². The number of fused-ring (bicyclic) bond motifs is 1. The number of nitrogens with zero attached hydrogens (tertiary/aromatic N) is 4. The third-order valence-corrected chi connectivity index (χ3v) is 4.89. The van der Waals surface area contributed by atoms with Gasteiger partial charge in [-0.3, -0.25) is 4.79 Å². The molecule has 0 radical (unpaired) electrons. The standard InChI is InChI=1S/C23H24N6O3/c1-31-18-9-8-17(14-19(18)32-2)25-23(30)13-12-22-27-26-21-11-10-20(28-29(21)22)24-15-16-6-4-3-5-7-16/h3-11,14H,12-13,15H2,1-2H3,(H,24,28)(H,25,30). The molecular formula is C23H24N6O3. The number of ether oxygens (including phenoxy) is 2. The average Bonchev–Trinajstić information content (AvgIpc) is 3.24. The highest BCUT2D eigenvalue weighted by Gasteiger charge is 2.12. The number of hydrogen-bond acceptors (Lipinski definition) is 7. The molecule has 2 aromatic heterocycles. The normalized spacial score (nSPS) is 10.7. The molecule has 2 heterocycles. The van der Waals surface area contributed by atoms with Crippen LogP contribution in [0, 0.1) is 0 Å². The number of rotatable bonds is 9. The zero-order chi connectivity index (χ0) is 22.3. The Labute approximate surface area is 185 Å². The Hall–Kier alpha value is -4.14. The van der Waals surface area contributed by atoms with Crippen LogP contribution in [0.2, 0.25) is 0 Å². The highest BCUT2D eigenvalue weighted by molar-refractivity contribution is 5.91. The van der Waals surface area contributed by atoms with Gasteiger partial charge in [-0.2, -0.15) is 4.52 Å². The van der Waals surface area contributed by atoms with Crippen LogP contribution in [0.15, 0.2) is 60.7 Å². The van der Waals surface area contributed by atoms with Crippen molar-refractivity contribution in [3.8, 4) is 11.5 Å². The Morgan fingerprint density at radius 3 is 2.56 bits per heavy atom. The molecule has 4 aromatic rings. The van der Waals surface area contributed by atoms with E-state index in [-0.39, 0.29) is 12.3 Å². The van der Waals surface area contributed by atoms with Gasteiger partial charge in [0.25, 0.3) is 0 Å². The highest BCUT2D eigenvalue weighted by atomic mass is 16.5. The molecule has 32 heavy (non-hydrogen) atoms. The summed E-state index contributed by atoms with van der Waals surface area (Å²) in [6.07, 6.45) is 0.633. The molecule has 2 N–H and O–H groups in total. The number of hydrogen-bond donors (Lipinski definition) is 2. The molecule has 0 saturated heterocycles. The molecule has 1 amide bonds. The van der Waals surface area contributed by atoms with Gasteiger partial charge in [0.1, 0.15) is 5.82 Å². The minimum atomic E-state index is -0.146. The second kappa shape index (κ2) is 9.78. The number of carbonyl (C=O) groups is 1. The van der Waals surface area contributed by atoms with E-state index in [2.05, 4.69) is 25.9 Å². The van der Waals surface area contributed by atoms with Gasteiger partial charge in [0.2, 0.25) is 5.91 Å². The van der Waals surface area contributed by atoms with Crippen LogP contribution in [0.4, 0.5) is 11.5 Å². The third-order valence-electron chi connectivity index (χ3n) is 4.89. The van der Waals surface area contributed by atoms with Crippen LogP contribution < -0.4 is 20.1 Å². The number of aromatic nitrogens is 4. The van der Waals surface area contributed by atoms with Crippen LogP contribution in [0.3, 0.4) is 0 Å². The smallest absolute Gasteiger partial charge is 0.224 e. The van der Waals surface area contributed by atoms with Gasteiger partial charge in [-0.05, 0) is 29.8 Å². The minimum absolute atomic E-state index is 0.146. The van der Waals surface area contributed by atoms with Crippen LogP contribution in [0.1, 0.15) is 17.8 Å². The lowest BCUT2D eigenvalue weighted by atomic mass is 10.2. The first-order chi connectivity index (χ1) is 15.7. The van der Waals surface area contributed by atoms with Crippen LogP contribution in [0.5, 0.6) is 11.5 Å². The number of methoxy groups -OCH3 is 2. The summed E-state index contributed by atoms with van der Waals surface area (Å²) in [5, 5.41) is 19.1. The molecule has 2 aromatic carbocycles. The summed E-state index contributed by atoms with van der Waals surface area (Å²) < 4.78 is 12.2. The molecule has 0 aliphatic heterocycles. The van der Waals surface area contributed by atoms with Gasteiger partial charge in [-0.1, -0.05) is 30.3 Å². The van der Waals surface area contributed by atoms with Crippen molar-refractivity contribution in [1.29, 1.82) is 0 Å². The second-order valence-corrected chi connectivity index (χ2v) is 7.06. The summed E-state index contributed by atoms with van der Waals surface area (Å²) in [6, 6.07) is 19.0. The van der Waals surface area contributed by atoms with Gasteiger partial charge in [0.15, 0.2) is 23.0 Å². The van der Waals surface area contributed by atoms with E-state index in [1.165, 1.54) is 0 Å². The maximum absolute atomic E-state index is 12.5. The summed E-state index contributed by atoms with van der Waals surface area (Å²) in [7, 11) is 3.12. The fraction of sp³-hybridized carbons (Fsp3) is 0.217. The Morgan fingerprint density at radius 2 is 1.78 bits per heavy atom. The van der Waals surface area contributed by atoms with E-state index >= 15 is 0 Å². The van der Waals surface area contributed by atoms with Crippen LogP contribution in [-0.2, 0) is 17.8 Å². The lowest BCUT2D eigenvalue weighted by Gasteiger charge is -2.10. The van der Waals surface area contributed by atoms with Gasteiger partial charge >= 0.3 is 0 Å². The molecule has 0 aliphatic carbocycles. The quantitative estimate of drug-likeness (QED) is 0.418. The van der Waals surface area contributed by atoms with Crippen molar-refractivity contribution >= 4 is 23.1 Å². The molecule has 9 heteroatoms. The maximum atomic E-state index is 12.5. The Bertz CT molecular complexity index is 1210.